The van der Waals surface area contributed by atoms with Gasteiger partial charge in [-0.25, -0.2) is 9.18 Å². The van der Waals surface area contributed by atoms with Gasteiger partial charge in [-0.3, -0.25) is 34.3 Å². The molecule has 292 valence electrons. The van der Waals surface area contributed by atoms with Crippen LogP contribution in [-0.4, -0.2) is 149 Å². The number of hydrogen-bond donors (Lipinski definition) is 3. The SMILES string of the molecule is O=C1CCC(N2C(=O)c3cc(F)c(N4CCN(CC5CCN(C(=O)N6CCN7c8cc(-c9ccccc9O)nnc8NC[C@H]7C6)CC5)CC4)cc3C2=O)C(=O)N1. The molecule has 3 aromatic rings. The summed E-state index contributed by atoms with van der Waals surface area (Å²) in [6.07, 6.45) is 1.85. The van der Waals surface area contributed by atoms with Crippen LogP contribution in [0.3, 0.4) is 0 Å². The lowest BCUT2D eigenvalue weighted by molar-refractivity contribution is -0.136. The Morgan fingerprint density at radius 2 is 1.57 bits per heavy atom. The molecular formula is C39H43FN10O6. The number of likely N-dealkylation sites (tertiary alicyclic amines) is 1. The Kier molecular flexibility index (Phi) is 9.18. The zero-order valence-corrected chi connectivity index (χ0v) is 30.8. The lowest BCUT2D eigenvalue weighted by Crippen LogP contribution is -2.61. The minimum absolute atomic E-state index is 0.0136. The molecule has 17 heteroatoms. The summed E-state index contributed by atoms with van der Waals surface area (Å²) in [5.41, 5.74) is 2.39. The smallest absolute Gasteiger partial charge is 0.320 e. The number of carbonyl (C=O) groups excluding carboxylic acids is 5. The average molecular weight is 767 g/mol. The number of halogens is 1. The number of hydrogen-bond acceptors (Lipinski definition) is 12. The van der Waals surface area contributed by atoms with Gasteiger partial charge in [0.25, 0.3) is 11.8 Å². The first-order valence-electron chi connectivity index (χ1n) is 19.4. The third kappa shape index (κ3) is 6.42. The molecule has 0 radical (unpaired) electrons. The van der Waals surface area contributed by atoms with Crippen LogP contribution < -0.4 is 20.4 Å². The number of carbonyl (C=O) groups is 5. The number of amides is 6. The van der Waals surface area contributed by atoms with Gasteiger partial charge < -0.3 is 30.0 Å². The van der Waals surface area contributed by atoms with Gasteiger partial charge in [-0.15, -0.1) is 10.2 Å². The van der Waals surface area contributed by atoms with Gasteiger partial charge in [0, 0.05) is 84.0 Å². The topological polar surface area (TPSA) is 175 Å². The van der Waals surface area contributed by atoms with E-state index < -0.39 is 35.5 Å². The molecule has 9 rings (SSSR count). The molecule has 4 fully saturated rings. The van der Waals surface area contributed by atoms with E-state index in [0.717, 1.165) is 36.0 Å². The number of phenolic OH excluding ortho intramolecular Hbond substituents is 1. The number of nitrogens with one attached hydrogen (secondary N) is 2. The van der Waals surface area contributed by atoms with Crippen LogP contribution >= 0.6 is 0 Å². The van der Waals surface area contributed by atoms with E-state index in [1.165, 1.54) is 6.07 Å². The molecule has 6 aliphatic rings. The Labute approximate surface area is 322 Å². The van der Waals surface area contributed by atoms with Crippen LogP contribution in [0.5, 0.6) is 5.75 Å². The first-order chi connectivity index (χ1) is 27.1. The molecule has 56 heavy (non-hydrogen) atoms. The number of anilines is 3. The quantitative estimate of drug-likeness (QED) is 0.323. The molecule has 2 atom stereocenters. The number of rotatable bonds is 5. The maximum atomic E-state index is 15.4. The largest absolute Gasteiger partial charge is 0.507 e. The van der Waals surface area contributed by atoms with Crippen molar-refractivity contribution in [2.24, 2.45) is 5.92 Å². The van der Waals surface area contributed by atoms with E-state index in [1.54, 1.807) is 12.1 Å². The van der Waals surface area contributed by atoms with Gasteiger partial charge in [-0.05, 0) is 55.5 Å². The van der Waals surface area contributed by atoms with E-state index in [1.807, 2.05) is 32.9 Å². The van der Waals surface area contributed by atoms with Crippen molar-refractivity contribution in [1.29, 1.82) is 0 Å². The molecule has 3 N–H and O–H groups in total. The van der Waals surface area contributed by atoms with Crippen LogP contribution in [-0.2, 0) is 9.59 Å². The second-order valence-electron chi connectivity index (χ2n) is 15.5. The zero-order chi connectivity index (χ0) is 38.7. The molecule has 0 bridgehead atoms. The summed E-state index contributed by atoms with van der Waals surface area (Å²) in [7, 11) is 0. The van der Waals surface area contributed by atoms with Gasteiger partial charge >= 0.3 is 6.03 Å². The van der Waals surface area contributed by atoms with Crippen molar-refractivity contribution in [3.05, 3.63) is 59.4 Å². The maximum absolute atomic E-state index is 15.4. The lowest BCUT2D eigenvalue weighted by atomic mass is 9.96. The van der Waals surface area contributed by atoms with Crippen LogP contribution in [0.25, 0.3) is 11.3 Å². The number of fused-ring (bicyclic) bond motifs is 4. The van der Waals surface area contributed by atoms with E-state index in [9.17, 15) is 29.1 Å². The summed E-state index contributed by atoms with van der Waals surface area (Å²) < 4.78 is 15.4. The zero-order valence-electron chi connectivity index (χ0n) is 30.8. The van der Waals surface area contributed by atoms with Crippen LogP contribution in [0.4, 0.5) is 26.4 Å². The van der Waals surface area contributed by atoms with Crippen molar-refractivity contribution in [2.45, 2.75) is 37.8 Å². The predicted octanol–water partition coefficient (Wildman–Crippen LogP) is 1.96. The van der Waals surface area contributed by atoms with Gasteiger partial charge in [0.15, 0.2) is 5.82 Å². The normalized spacial score (nSPS) is 23.1. The molecule has 2 aromatic carbocycles. The van der Waals surface area contributed by atoms with E-state index in [2.05, 4.69) is 30.6 Å². The van der Waals surface area contributed by atoms with E-state index >= 15 is 4.39 Å². The Morgan fingerprint density at radius 3 is 2.32 bits per heavy atom. The summed E-state index contributed by atoms with van der Waals surface area (Å²) in [5, 5.41) is 24.7. The lowest BCUT2D eigenvalue weighted by Gasteiger charge is -2.47. The van der Waals surface area contributed by atoms with Crippen LogP contribution in [0.2, 0.25) is 0 Å². The number of aromatic hydroxyl groups is 1. The highest BCUT2D eigenvalue weighted by Gasteiger charge is 2.45. The maximum Gasteiger partial charge on any atom is 0.320 e. The number of benzene rings is 2. The van der Waals surface area contributed by atoms with E-state index in [-0.39, 0.29) is 47.5 Å². The Balaban J connectivity index is 0.756. The Morgan fingerprint density at radius 1 is 0.821 bits per heavy atom. The molecule has 0 spiro atoms. The average Bonchev–Trinajstić information content (AvgIpc) is 3.44. The van der Waals surface area contributed by atoms with Crippen molar-refractivity contribution in [3.8, 4) is 17.0 Å². The van der Waals surface area contributed by atoms with Crippen LogP contribution in [0.1, 0.15) is 46.4 Å². The highest BCUT2D eigenvalue weighted by atomic mass is 19.1. The fourth-order valence-corrected chi connectivity index (χ4v) is 9.05. The highest BCUT2D eigenvalue weighted by Crippen LogP contribution is 2.37. The van der Waals surface area contributed by atoms with Gasteiger partial charge in [0.2, 0.25) is 11.8 Å². The molecule has 6 aliphatic heterocycles. The number of para-hydroxylation sites is 1. The Hall–Kier alpha value is -5.84. The second kappa shape index (κ2) is 14.3. The highest BCUT2D eigenvalue weighted by molar-refractivity contribution is 6.23. The third-order valence-electron chi connectivity index (χ3n) is 12.1. The van der Waals surface area contributed by atoms with Crippen LogP contribution in [0, 0.1) is 11.7 Å². The molecule has 6 amide bonds. The number of phenols is 1. The number of urea groups is 1. The number of imide groups is 2. The molecular weight excluding hydrogens is 723 g/mol. The summed E-state index contributed by atoms with van der Waals surface area (Å²) in [6.45, 7) is 7.27. The van der Waals surface area contributed by atoms with E-state index in [4.69, 9.17) is 0 Å². The van der Waals surface area contributed by atoms with Crippen LogP contribution in [0.15, 0.2) is 42.5 Å². The summed E-state index contributed by atoms with van der Waals surface area (Å²) in [5.74, 6) is -1.86. The molecule has 1 aromatic heterocycles. The molecule has 4 saturated heterocycles. The van der Waals surface area contributed by atoms with E-state index in [0.29, 0.717) is 88.4 Å². The number of nitrogens with zero attached hydrogens (tertiary/aromatic N) is 8. The van der Waals surface area contributed by atoms with Gasteiger partial charge in [-0.2, -0.15) is 0 Å². The molecule has 1 unspecified atom stereocenters. The van der Waals surface area contributed by atoms with Crippen molar-refractivity contribution in [3.63, 3.8) is 0 Å². The first kappa shape index (κ1) is 35.8. The van der Waals surface area contributed by atoms with Gasteiger partial charge in [0.05, 0.1) is 34.2 Å². The van der Waals surface area contributed by atoms with Crippen molar-refractivity contribution >= 4 is 46.9 Å². The molecule has 0 aliphatic carbocycles. The monoisotopic (exact) mass is 766 g/mol. The second-order valence-corrected chi connectivity index (χ2v) is 15.5. The molecule has 7 heterocycles. The van der Waals surface area contributed by atoms with Gasteiger partial charge in [0.1, 0.15) is 17.6 Å². The summed E-state index contributed by atoms with van der Waals surface area (Å²) >= 11 is 0. The standard InChI is InChI=1S/C39H43FN10O6/c40-28-17-26-27(38(55)50(37(26)54)30-5-6-34(52)42-36(30)53)18-31(28)46-13-11-45(12-14-46)21-23-7-9-47(10-8-23)39(56)48-15-16-49-24(22-48)20-41-35-32(49)19-29(43-44-35)25-3-1-2-4-33(25)51/h1-4,17-19,23-24,30,51H,5-16,20-22H2,(H,41,44)(H,42,52,53)/t24-,30?/m0/s1. The van der Waals surface area contributed by atoms with Crippen molar-refractivity contribution in [2.75, 3.05) is 87.1 Å². The Bertz CT molecular complexity index is 2120. The fraction of sp³-hybridized carbons (Fsp3) is 0.462. The molecule has 16 nitrogen and oxygen atoms in total. The first-order valence-corrected chi connectivity index (χ1v) is 19.4. The fourth-order valence-electron chi connectivity index (χ4n) is 9.05. The number of aromatic nitrogens is 2. The summed E-state index contributed by atoms with van der Waals surface area (Å²) in [6, 6.07) is 10.6. The third-order valence-corrected chi connectivity index (χ3v) is 12.1. The number of piperidine rings is 2. The summed E-state index contributed by atoms with van der Waals surface area (Å²) in [4.78, 5) is 75.5. The number of piperazine rings is 2. The van der Waals surface area contributed by atoms with Crippen molar-refractivity contribution in [1.82, 2.24) is 35.1 Å². The van der Waals surface area contributed by atoms with Gasteiger partial charge in [-0.1, -0.05) is 12.1 Å². The minimum atomic E-state index is -1.10. The molecule has 0 saturated carbocycles. The predicted molar refractivity (Wildman–Crippen MR) is 202 cm³/mol. The minimum Gasteiger partial charge on any atom is -0.507 e. The van der Waals surface area contributed by atoms with Crippen molar-refractivity contribution < 1.29 is 33.5 Å².